The van der Waals surface area contributed by atoms with Crippen molar-refractivity contribution in [2.45, 2.75) is 33.2 Å². The molecule has 0 fully saturated rings. The molecule has 1 aromatic carbocycles. The molecular weight excluding hydrogens is 275 g/mol. The molecule has 21 heavy (non-hydrogen) atoms. The Balaban J connectivity index is 2.27. The molecule has 0 aliphatic rings. The number of aromatic nitrogens is 4. The number of carboxylic acids is 1. The number of rotatable bonds is 6. The Hall–Kier alpha value is -2.31. The standard InChI is InChI=1S/C14H17FN4O2/c1-3-10(7-13(20)21)8-19-14(16-17-18-19)11-5-4-9(2)6-12(11)15/h4-6,10H,3,7-8H2,1-2H3,(H,20,21). The fraction of sp³-hybridized carbons (Fsp3) is 0.429. The Morgan fingerprint density at radius 1 is 1.48 bits per heavy atom. The third kappa shape index (κ3) is 3.62. The van der Waals surface area contributed by atoms with Crippen LogP contribution in [-0.4, -0.2) is 31.3 Å². The van der Waals surface area contributed by atoms with Crippen molar-refractivity contribution in [1.29, 1.82) is 0 Å². The fourth-order valence-corrected chi connectivity index (χ4v) is 2.15. The number of carboxylic acid groups (broad SMARTS) is 1. The molecule has 0 saturated heterocycles. The molecule has 1 heterocycles. The SMILES string of the molecule is CCC(CC(=O)O)Cn1nnnc1-c1ccc(C)cc1F. The van der Waals surface area contributed by atoms with Crippen molar-refractivity contribution in [2.24, 2.45) is 5.92 Å². The number of benzene rings is 1. The Kier molecular flexibility index (Phi) is 4.62. The van der Waals surface area contributed by atoms with E-state index in [2.05, 4.69) is 15.5 Å². The van der Waals surface area contributed by atoms with E-state index in [4.69, 9.17) is 5.11 Å². The van der Waals surface area contributed by atoms with Crippen molar-refractivity contribution in [3.05, 3.63) is 29.6 Å². The summed E-state index contributed by atoms with van der Waals surface area (Å²) in [4.78, 5) is 10.8. The van der Waals surface area contributed by atoms with E-state index < -0.39 is 11.8 Å². The van der Waals surface area contributed by atoms with Crippen LogP contribution in [0.4, 0.5) is 4.39 Å². The van der Waals surface area contributed by atoms with Gasteiger partial charge in [-0.15, -0.1) is 5.10 Å². The van der Waals surface area contributed by atoms with Crippen LogP contribution in [0.15, 0.2) is 18.2 Å². The highest BCUT2D eigenvalue weighted by atomic mass is 19.1. The maximum absolute atomic E-state index is 14.0. The summed E-state index contributed by atoms with van der Waals surface area (Å²) in [6, 6.07) is 4.83. The maximum Gasteiger partial charge on any atom is 0.303 e. The van der Waals surface area contributed by atoms with E-state index >= 15 is 0 Å². The summed E-state index contributed by atoms with van der Waals surface area (Å²) >= 11 is 0. The molecule has 0 aliphatic carbocycles. The molecule has 1 unspecified atom stereocenters. The van der Waals surface area contributed by atoms with Gasteiger partial charge in [-0.2, -0.15) is 0 Å². The molecule has 1 aromatic heterocycles. The molecule has 1 atom stereocenters. The molecule has 0 saturated carbocycles. The first-order chi connectivity index (χ1) is 10.0. The van der Waals surface area contributed by atoms with Gasteiger partial charge in [0.15, 0.2) is 5.82 Å². The lowest BCUT2D eigenvalue weighted by atomic mass is 10.0. The van der Waals surface area contributed by atoms with E-state index in [0.29, 0.717) is 24.4 Å². The van der Waals surface area contributed by atoms with E-state index in [1.807, 2.05) is 6.92 Å². The van der Waals surface area contributed by atoms with Crippen LogP contribution in [0.1, 0.15) is 25.3 Å². The van der Waals surface area contributed by atoms with Gasteiger partial charge >= 0.3 is 5.97 Å². The number of aliphatic carboxylic acids is 1. The second-order valence-electron chi connectivity index (χ2n) is 5.04. The Morgan fingerprint density at radius 2 is 2.24 bits per heavy atom. The minimum absolute atomic E-state index is 0.0339. The van der Waals surface area contributed by atoms with Crippen LogP contribution >= 0.6 is 0 Å². The van der Waals surface area contributed by atoms with Crippen LogP contribution in [0.2, 0.25) is 0 Å². The second-order valence-corrected chi connectivity index (χ2v) is 5.04. The molecule has 0 radical (unpaired) electrons. The van der Waals surface area contributed by atoms with Crippen LogP contribution < -0.4 is 0 Å². The number of halogens is 1. The van der Waals surface area contributed by atoms with Crippen molar-refractivity contribution in [2.75, 3.05) is 0 Å². The predicted octanol–water partition coefficient (Wildman–Crippen LogP) is 2.29. The third-order valence-corrected chi connectivity index (χ3v) is 3.37. The monoisotopic (exact) mass is 292 g/mol. The summed E-state index contributed by atoms with van der Waals surface area (Å²) in [6.45, 7) is 4.05. The molecule has 0 spiro atoms. The van der Waals surface area contributed by atoms with Crippen LogP contribution in [0.5, 0.6) is 0 Å². The van der Waals surface area contributed by atoms with Gasteiger partial charge in [-0.3, -0.25) is 4.79 Å². The Bertz CT molecular complexity index is 642. The van der Waals surface area contributed by atoms with E-state index in [-0.39, 0.29) is 12.3 Å². The van der Waals surface area contributed by atoms with Crippen molar-refractivity contribution < 1.29 is 14.3 Å². The fourth-order valence-electron chi connectivity index (χ4n) is 2.15. The van der Waals surface area contributed by atoms with Crippen molar-refractivity contribution in [3.8, 4) is 11.4 Å². The van der Waals surface area contributed by atoms with E-state index in [1.165, 1.54) is 10.7 Å². The maximum atomic E-state index is 14.0. The van der Waals surface area contributed by atoms with E-state index in [9.17, 15) is 9.18 Å². The van der Waals surface area contributed by atoms with Gasteiger partial charge in [0.25, 0.3) is 0 Å². The largest absolute Gasteiger partial charge is 0.481 e. The van der Waals surface area contributed by atoms with Gasteiger partial charge in [-0.25, -0.2) is 9.07 Å². The summed E-state index contributed by atoms with van der Waals surface area (Å²) in [5.41, 5.74) is 1.13. The molecule has 0 aliphatic heterocycles. The summed E-state index contributed by atoms with van der Waals surface area (Å²) < 4.78 is 15.5. The molecule has 2 rings (SSSR count). The van der Waals surface area contributed by atoms with Gasteiger partial charge < -0.3 is 5.11 Å². The highest BCUT2D eigenvalue weighted by molar-refractivity contribution is 5.67. The van der Waals surface area contributed by atoms with Crippen LogP contribution in [0.25, 0.3) is 11.4 Å². The number of nitrogens with zero attached hydrogens (tertiary/aromatic N) is 4. The van der Waals surface area contributed by atoms with Gasteiger partial charge in [0.05, 0.1) is 5.56 Å². The molecule has 6 nitrogen and oxygen atoms in total. The average molecular weight is 292 g/mol. The number of hydrogen-bond acceptors (Lipinski definition) is 4. The quantitative estimate of drug-likeness (QED) is 0.883. The molecule has 0 bridgehead atoms. The molecule has 1 N–H and O–H groups in total. The normalized spacial score (nSPS) is 12.3. The van der Waals surface area contributed by atoms with Gasteiger partial charge in [0.1, 0.15) is 5.82 Å². The van der Waals surface area contributed by atoms with Crippen molar-refractivity contribution in [1.82, 2.24) is 20.2 Å². The second kappa shape index (κ2) is 6.43. The van der Waals surface area contributed by atoms with Crippen LogP contribution in [-0.2, 0) is 11.3 Å². The Labute approximate surface area is 121 Å². The third-order valence-electron chi connectivity index (χ3n) is 3.37. The van der Waals surface area contributed by atoms with Gasteiger partial charge in [0.2, 0.25) is 0 Å². The summed E-state index contributed by atoms with van der Waals surface area (Å²) in [7, 11) is 0. The zero-order valence-corrected chi connectivity index (χ0v) is 12.0. The predicted molar refractivity (Wildman–Crippen MR) is 74.0 cm³/mol. The summed E-state index contributed by atoms with van der Waals surface area (Å²) in [6.07, 6.45) is 0.716. The van der Waals surface area contributed by atoms with Crippen molar-refractivity contribution in [3.63, 3.8) is 0 Å². The first-order valence-corrected chi connectivity index (χ1v) is 6.75. The first-order valence-electron chi connectivity index (χ1n) is 6.75. The van der Waals surface area contributed by atoms with Crippen LogP contribution in [0, 0.1) is 18.7 Å². The Morgan fingerprint density at radius 3 is 2.86 bits per heavy atom. The smallest absolute Gasteiger partial charge is 0.303 e. The molecule has 7 heteroatoms. The molecule has 2 aromatic rings. The highest BCUT2D eigenvalue weighted by Crippen LogP contribution is 2.22. The minimum atomic E-state index is -0.863. The lowest BCUT2D eigenvalue weighted by Crippen LogP contribution is -2.16. The molecule has 0 amide bonds. The lowest BCUT2D eigenvalue weighted by molar-refractivity contribution is -0.138. The minimum Gasteiger partial charge on any atom is -0.481 e. The average Bonchev–Trinajstić information content (AvgIpc) is 2.85. The van der Waals surface area contributed by atoms with E-state index in [1.54, 1.807) is 19.1 Å². The number of carbonyl (C=O) groups is 1. The van der Waals surface area contributed by atoms with Gasteiger partial charge in [-0.05, 0) is 41.0 Å². The summed E-state index contributed by atoms with van der Waals surface area (Å²) in [5, 5.41) is 20.2. The van der Waals surface area contributed by atoms with Crippen LogP contribution in [0.3, 0.4) is 0 Å². The molecule has 112 valence electrons. The zero-order chi connectivity index (χ0) is 15.4. The van der Waals surface area contributed by atoms with E-state index in [0.717, 1.165) is 5.56 Å². The molecular formula is C14H17FN4O2. The van der Waals surface area contributed by atoms with Gasteiger partial charge in [0, 0.05) is 13.0 Å². The lowest BCUT2D eigenvalue weighted by Gasteiger charge is -2.13. The number of aryl methyl sites for hydroxylation is 1. The van der Waals surface area contributed by atoms with Gasteiger partial charge in [-0.1, -0.05) is 19.4 Å². The topological polar surface area (TPSA) is 80.9 Å². The number of tetrazole rings is 1. The zero-order valence-electron chi connectivity index (χ0n) is 12.0. The summed E-state index contributed by atoms with van der Waals surface area (Å²) in [5.74, 6) is -1.04. The van der Waals surface area contributed by atoms with Crippen molar-refractivity contribution >= 4 is 5.97 Å². The highest BCUT2D eigenvalue weighted by Gasteiger charge is 2.18. The number of hydrogen-bond donors (Lipinski definition) is 1. The first kappa shape index (κ1) is 15.1.